The van der Waals surface area contributed by atoms with Crippen LogP contribution in [0, 0.1) is 35.5 Å². The van der Waals surface area contributed by atoms with Gasteiger partial charge in [-0.1, -0.05) is 71.1 Å². The first-order valence-corrected chi connectivity index (χ1v) is 25.0. The molecule has 0 spiro atoms. The Bertz CT molecular complexity index is 2020. The molecule has 1 saturated carbocycles. The standard InChI is InChI=1S/C52H79N5O12/c1-31-16-12-11-13-17-32(2)43(65-8)28-39-21-19-37(7)52(64,69-39)49(61)50(62)56-23-15-14-18-41(56)51(63)68-44(34(4)26-38-20-22-40(45(27-38)66-9)57-30-53-54-55-57)29-42(58)33(3)25-36(6)47(60)48(67-10)46(59)35(5)24-31/h11-13,16-17,25,30-31,33-35,37-41,43-45,47-48,60,64H,14-15,18-24,26-29H2,1-10H3/b13-11+,16-12+,32-17+,36-25+/t31-,33-,34-,35?,37-,38+,39+,40+,41+,43+,44+,45-,47-,48?,52?/m1/s1. The van der Waals surface area contributed by atoms with Crippen molar-refractivity contribution in [3.8, 4) is 0 Å². The molecule has 0 radical (unpaired) electrons. The minimum atomic E-state index is -2.43. The van der Waals surface area contributed by atoms with Crippen LogP contribution < -0.4 is 0 Å². The van der Waals surface area contributed by atoms with Crippen molar-refractivity contribution in [2.45, 2.75) is 180 Å². The topological polar surface area (TPSA) is 219 Å². The van der Waals surface area contributed by atoms with Gasteiger partial charge in [-0.05, 0) is 117 Å². The molecule has 384 valence electrons. The van der Waals surface area contributed by atoms with Crippen LogP contribution in [-0.2, 0) is 47.7 Å². The summed E-state index contributed by atoms with van der Waals surface area (Å²) in [5.41, 5.74) is 1.27. The summed E-state index contributed by atoms with van der Waals surface area (Å²) < 4.78 is 31.6. The molecule has 0 aromatic carbocycles. The zero-order valence-corrected chi connectivity index (χ0v) is 42.5. The van der Waals surface area contributed by atoms with Crippen LogP contribution in [0.4, 0.5) is 0 Å². The summed E-state index contributed by atoms with van der Waals surface area (Å²) in [6.07, 6.45) is 13.9. The Labute approximate surface area is 408 Å². The number of nitrogens with zero attached hydrogens (tertiary/aromatic N) is 5. The van der Waals surface area contributed by atoms with Crippen LogP contribution in [0.5, 0.6) is 0 Å². The van der Waals surface area contributed by atoms with Crippen molar-refractivity contribution in [1.29, 1.82) is 0 Å². The fraction of sp³-hybridized carbons (Fsp3) is 0.731. The van der Waals surface area contributed by atoms with E-state index in [4.69, 9.17) is 23.7 Å². The van der Waals surface area contributed by atoms with Crippen molar-refractivity contribution >= 4 is 29.2 Å². The Balaban J connectivity index is 1.46. The fourth-order valence-corrected chi connectivity index (χ4v) is 10.7. The van der Waals surface area contributed by atoms with Gasteiger partial charge in [0.15, 0.2) is 5.78 Å². The van der Waals surface area contributed by atoms with Gasteiger partial charge in [-0.25, -0.2) is 9.48 Å². The van der Waals surface area contributed by atoms with Gasteiger partial charge in [-0.2, -0.15) is 0 Å². The van der Waals surface area contributed by atoms with E-state index in [0.717, 1.165) is 18.4 Å². The van der Waals surface area contributed by atoms with Crippen LogP contribution in [0.2, 0.25) is 0 Å². The quantitative estimate of drug-likeness (QED) is 0.181. The van der Waals surface area contributed by atoms with Crippen LogP contribution in [-0.4, -0.2) is 141 Å². The van der Waals surface area contributed by atoms with E-state index < -0.39 is 77.8 Å². The third-order valence-electron chi connectivity index (χ3n) is 15.2. The minimum absolute atomic E-state index is 0.0170. The Morgan fingerprint density at radius 2 is 1.64 bits per heavy atom. The third-order valence-corrected chi connectivity index (χ3v) is 15.2. The summed E-state index contributed by atoms with van der Waals surface area (Å²) in [4.78, 5) is 72.3. The molecule has 1 aromatic heterocycles. The zero-order valence-electron chi connectivity index (χ0n) is 42.5. The highest BCUT2D eigenvalue weighted by atomic mass is 16.6. The number of Topliss-reactive ketones (excluding diaryl/α,β-unsaturated/α-hetero) is 3. The maximum atomic E-state index is 14.5. The molecule has 4 aliphatic rings. The number of allylic oxidation sites excluding steroid dienone is 6. The molecule has 1 aromatic rings. The van der Waals surface area contributed by atoms with Gasteiger partial charge in [0.25, 0.3) is 11.7 Å². The SMILES string of the molecule is COC1C(=O)C(C)C[C@H](C)/C=C/C=C/C=C(\C)[C@@H](OC)C[C@@H]2CC[C@@H](C)C(O)(O2)C(=O)C(=O)N2CCCC[C@H]2C(=O)O[C@H]([C@H](C)C[C@@H]2CC[C@H](n3cnnn3)[C@H](OC)C2)CC(=O)[C@H](C)/C=C(\C)[C@H]1O. The summed E-state index contributed by atoms with van der Waals surface area (Å²) in [5.74, 6) is -7.92. The molecule has 2 N–H and O–H groups in total. The van der Waals surface area contributed by atoms with E-state index in [2.05, 4.69) is 15.5 Å². The number of aliphatic hydroxyl groups is 2. The summed E-state index contributed by atoms with van der Waals surface area (Å²) in [6.45, 7) is 12.8. The van der Waals surface area contributed by atoms with Crippen molar-refractivity contribution in [2.75, 3.05) is 27.9 Å². The Hall–Kier alpha value is -4.26. The summed E-state index contributed by atoms with van der Waals surface area (Å²) in [7, 11) is 4.62. The number of ketones is 3. The predicted octanol–water partition coefficient (Wildman–Crippen LogP) is 6.05. The average Bonchev–Trinajstić information content (AvgIpc) is 3.88. The van der Waals surface area contributed by atoms with Crippen LogP contribution in [0.1, 0.15) is 132 Å². The number of aromatic nitrogens is 4. The number of tetrazole rings is 1. The highest BCUT2D eigenvalue weighted by Gasteiger charge is 2.53. The lowest BCUT2D eigenvalue weighted by Crippen LogP contribution is -2.61. The summed E-state index contributed by atoms with van der Waals surface area (Å²) in [5, 5.41) is 35.2. The number of methoxy groups -OCH3 is 3. The molecule has 1 aliphatic carbocycles. The van der Waals surface area contributed by atoms with Gasteiger partial charge < -0.3 is 38.8 Å². The molecule has 4 heterocycles. The number of hydrogen-bond donors (Lipinski definition) is 2. The monoisotopic (exact) mass is 966 g/mol. The number of cyclic esters (lactones) is 1. The molecule has 15 atom stereocenters. The summed E-state index contributed by atoms with van der Waals surface area (Å²) in [6, 6.07) is -1.19. The van der Waals surface area contributed by atoms with Crippen LogP contribution in [0.3, 0.4) is 0 Å². The highest BCUT2D eigenvalue weighted by Crippen LogP contribution is 2.39. The fourth-order valence-electron chi connectivity index (χ4n) is 10.7. The van der Waals surface area contributed by atoms with E-state index in [9.17, 15) is 34.2 Å². The lowest BCUT2D eigenvalue weighted by atomic mass is 9.77. The maximum absolute atomic E-state index is 14.5. The number of amides is 1. The first-order chi connectivity index (χ1) is 32.8. The molecule has 3 aliphatic heterocycles. The van der Waals surface area contributed by atoms with E-state index in [0.29, 0.717) is 56.9 Å². The lowest BCUT2D eigenvalue weighted by Gasteiger charge is -2.42. The number of piperidine rings is 1. The van der Waals surface area contributed by atoms with Gasteiger partial charge in [0.2, 0.25) is 5.79 Å². The molecule has 3 fully saturated rings. The second kappa shape index (κ2) is 25.7. The largest absolute Gasteiger partial charge is 0.460 e. The number of aliphatic hydroxyl groups excluding tert-OH is 1. The Kier molecular flexibility index (Phi) is 20.8. The molecule has 17 heteroatoms. The smallest absolute Gasteiger partial charge is 0.329 e. The number of esters is 1. The number of fused-ring (bicyclic) bond motifs is 3. The molecule has 5 rings (SSSR count). The molecule has 3 unspecified atom stereocenters. The van der Waals surface area contributed by atoms with Crippen LogP contribution in [0.25, 0.3) is 0 Å². The Morgan fingerprint density at radius 1 is 0.884 bits per heavy atom. The normalized spacial score (nSPS) is 38.8. The van der Waals surface area contributed by atoms with Gasteiger partial charge in [0, 0.05) is 58.5 Å². The van der Waals surface area contributed by atoms with E-state index in [1.165, 1.54) is 12.0 Å². The van der Waals surface area contributed by atoms with Crippen LogP contribution >= 0.6 is 0 Å². The van der Waals surface area contributed by atoms with E-state index >= 15 is 0 Å². The molecular formula is C52H79N5O12. The molecule has 17 nitrogen and oxygen atoms in total. The first kappa shape index (κ1) is 55.7. The second-order valence-corrected chi connectivity index (χ2v) is 20.4. The van der Waals surface area contributed by atoms with Crippen molar-refractivity contribution in [3.63, 3.8) is 0 Å². The van der Waals surface area contributed by atoms with Crippen LogP contribution in [0.15, 0.2) is 53.9 Å². The third kappa shape index (κ3) is 14.2. The van der Waals surface area contributed by atoms with Gasteiger partial charge in [-0.3, -0.25) is 19.2 Å². The first-order valence-electron chi connectivity index (χ1n) is 25.0. The van der Waals surface area contributed by atoms with Gasteiger partial charge >= 0.3 is 5.97 Å². The number of hydrogen-bond acceptors (Lipinski definition) is 15. The number of carbonyl (C=O) groups excluding carboxylic acids is 5. The van der Waals surface area contributed by atoms with Gasteiger partial charge in [0.05, 0.1) is 24.4 Å². The van der Waals surface area contributed by atoms with Crippen molar-refractivity contribution in [1.82, 2.24) is 25.1 Å². The van der Waals surface area contributed by atoms with Gasteiger partial charge in [0.1, 0.15) is 36.5 Å². The highest BCUT2D eigenvalue weighted by molar-refractivity contribution is 6.39. The number of rotatable bonds is 7. The van der Waals surface area contributed by atoms with E-state index in [1.54, 1.807) is 52.1 Å². The van der Waals surface area contributed by atoms with Crippen molar-refractivity contribution < 1.29 is 57.9 Å². The lowest BCUT2D eigenvalue weighted by molar-refractivity contribution is -0.265. The van der Waals surface area contributed by atoms with Crippen molar-refractivity contribution in [3.05, 3.63) is 53.9 Å². The maximum Gasteiger partial charge on any atom is 0.329 e. The summed E-state index contributed by atoms with van der Waals surface area (Å²) >= 11 is 0. The predicted molar refractivity (Wildman–Crippen MR) is 256 cm³/mol. The minimum Gasteiger partial charge on any atom is -0.460 e. The van der Waals surface area contributed by atoms with Gasteiger partial charge in [-0.15, -0.1) is 5.10 Å². The number of ether oxygens (including phenoxy) is 5. The molecular weight excluding hydrogens is 887 g/mol. The Morgan fingerprint density at radius 3 is 2.32 bits per heavy atom. The number of carbonyl (C=O) groups is 5. The second-order valence-electron chi connectivity index (χ2n) is 20.4. The average molecular weight is 966 g/mol. The zero-order chi connectivity index (χ0) is 50.6. The molecule has 2 bridgehead atoms. The molecule has 69 heavy (non-hydrogen) atoms. The molecule has 2 saturated heterocycles. The van der Waals surface area contributed by atoms with E-state index in [1.807, 2.05) is 58.1 Å². The van der Waals surface area contributed by atoms with E-state index in [-0.39, 0.29) is 60.9 Å². The molecule has 1 amide bonds. The van der Waals surface area contributed by atoms with Crippen molar-refractivity contribution in [2.24, 2.45) is 35.5 Å².